The molecule has 162 valence electrons. The second-order valence-corrected chi connectivity index (χ2v) is 6.98. The van der Waals surface area contributed by atoms with E-state index in [0.29, 0.717) is 39.7 Å². The van der Waals surface area contributed by atoms with Gasteiger partial charge in [0.2, 0.25) is 0 Å². The van der Waals surface area contributed by atoms with Crippen LogP contribution in [-0.4, -0.2) is 46.1 Å². The smallest absolute Gasteiger partial charge is 0.408 e. The van der Waals surface area contributed by atoms with E-state index in [1.807, 2.05) is 0 Å². The number of fused-ring (bicyclic) bond motifs is 1. The van der Waals surface area contributed by atoms with Crippen molar-refractivity contribution in [1.29, 1.82) is 0 Å². The molecule has 0 saturated carbocycles. The topological polar surface area (TPSA) is 82.4 Å². The van der Waals surface area contributed by atoms with E-state index in [0.717, 1.165) is 4.68 Å². The highest BCUT2D eigenvalue weighted by molar-refractivity contribution is 6.10. The fourth-order valence-electron chi connectivity index (χ4n) is 3.49. The van der Waals surface area contributed by atoms with Gasteiger partial charge in [0.1, 0.15) is 6.54 Å². The van der Waals surface area contributed by atoms with Gasteiger partial charge in [-0.2, -0.15) is 18.3 Å². The highest BCUT2D eigenvalue weighted by Gasteiger charge is 2.34. The summed E-state index contributed by atoms with van der Waals surface area (Å²) in [5.74, 6) is 0.444. The summed E-state index contributed by atoms with van der Waals surface area (Å²) in [5, 5.41) is 3.71. The Hall–Kier alpha value is -3.63. The van der Waals surface area contributed by atoms with Gasteiger partial charge in [0.15, 0.2) is 5.75 Å². The monoisotopic (exact) mass is 433 g/mol. The van der Waals surface area contributed by atoms with E-state index in [-0.39, 0.29) is 18.1 Å². The number of methoxy groups -OCH3 is 2. The number of aromatic nitrogens is 4. The molecule has 1 amide bonds. The Morgan fingerprint density at radius 3 is 2.61 bits per heavy atom. The van der Waals surface area contributed by atoms with E-state index in [2.05, 4.69) is 15.1 Å². The number of hydrogen-bond donors (Lipinski definition) is 0. The van der Waals surface area contributed by atoms with Crippen LogP contribution in [-0.2, 0) is 13.1 Å². The van der Waals surface area contributed by atoms with E-state index >= 15 is 0 Å². The van der Waals surface area contributed by atoms with Crippen LogP contribution in [0.4, 0.5) is 18.9 Å². The minimum Gasteiger partial charge on any atom is -0.491 e. The number of aryl methyl sites for hydroxylation is 1. The lowest BCUT2D eigenvalue weighted by Gasteiger charge is -2.12. The Morgan fingerprint density at radius 2 is 1.94 bits per heavy atom. The molecule has 0 fully saturated rings. The van der Waals surface area contributed by atoms with Crippen LogP contribution >= 0.6 is 0 Å². The minimum atomic E-state index is -4.40. The molecule has 0 N–H and O–H groups in total. The normalized spacial score (nSPS) is 13.5. The summed E-state index contributed by atoms with van der Waals surface area (Å²) in [7, 11) is 2.99. The summed E-state index contributed by atoms with van der Waals surface area (Å²) in [5.41, 5.74) is 3.20. The van der Waals surface area contributed by atoms with Crippen LogP contribution in [0.3, 0.4) is 0 Å². The van der Waals surface area contributed by atoms with Gasteiger partial charge in [-0.15, -0.1) is 0 Å². The number of anilines is 1. The summed E-state index contributed by atoms with van der Waals surface area (Å²) < 4.78 is 49.0. The van der Waals surface area contributed by atoms with Crippen molar-refractivity contribution in [2.75, 3.05) is 19.1 Å². The number of pyridine rings is 2. The van der Waals surface area contributed by atoms with Gasteiger partial charge in [-0.05, 0) is 24.6 Å². The molecule has 4 heterocycles. The number of hydrogen-bond acceptors (Lipinski definition) is 6. The van der Waals surface area contributed by atoms with Crippen LogP contribution in [0.25, 0.3) is 11.3 Å². The Kier molecular flexibility index (Phi) is 5.03. The molecule has 11 heteroatoms. The number of rotatable bonds is 5. The highest BCUT2D eigenvalue weighted by atomic mass is 19.4. The van der Waals surface area contributed by atoms with E-state index in [1.54, 1.807) is 25.3 Å². The molecule has 0 spiro atoms. The average Bonchev–Trinajstić information content (AvgIpc) is 3.30. The lowest BCUT2D eigenvalue weighted by molar-refractivity contribution is -0.142. The number of halogens is 3. The molecule has 0 bridgehead atoms. The first-order chi connectivity index (χ1) is 14.7. The summed E-state index contributed by atoms with van der Waals surface area (Å²) in [6, 6.07) is 3.49. The van der Waals surface area contributed by atoms with Gasteiger partial charge >= 0.3 is 6.18 Å². The van der Waals surface area contributed by atoms with E-state index in [1.165, 1.54) is 31.5 Å². The predicted molar refractivity (Wildman–Crippen MR) is 104 cm³/mol. The molecule has 3 aromatic rings. The highest BCUT2D eigenvalue weighted by Crippen LogP contribution is 2.34. The van der Waals surface area contributed by atoms with Crippen LogP contribution in [0, 0.1) is 6.92 Å². The zero-order valence-electron chi connectivity index (χ0n) is 16.9. The first-order valence-corrected chi connectivity index (χ1v) is 9.20. The second kappa shape index (κ2) is 7.56. The molecule has 3 aromatic heterocycles. The molecular formula is C20H18F3N5O3. The maximum absolute atomic E-state index is 12.9. The standard InChI is InChI=1S/C20H18F3N5O3/c1-11-4-14(12-5-16(30-2)18(31-3)24-6-12)26-15-9-28(19(29)17(11)15)13-7-25-27(8-13)10-20(21,22)23/h4-8H,9-10H2,1-3H3. The van der Waals surface area contributed by atoms with Crippen molar-refractivity contribution in [2.45, 2.75) is 26.2 Å². The van der Waals surface area contributed by atoms with Gasteiger partial charge in [-0.3, -0.25) is 19.4 Å². The molecule has 0 aromatic carbocycles. The van der Waals surface area contributed by atoms with Crippen LogP contribution in [0.1, 0.15) is 21.6 Å². The van der Waals surface area contributed by atoms with Crippen molar-refractivity contribution in [1.82, 2.24) is 19.7 Å². The summed E-state index contributed by atoms with van der Waals surface area (Å²) in [4.78, 5) is 23.1. The van der Waals surface area contributed by atoms with Crippen molar-refractivity contribution < 1.29 is 27.4 Å². The summed E-state index contributed by atoms with van der Waals surface area (Å²) in [6.07, 6.45) is -0.372. The molecule has 0 unspecified atom stereocenters. The van der Waals surface area contributed by atoms with E-state index in [4.69, 9.17) is 9.47 Å². The third kappa shape index (κ3) is 3.90. The number of amides is 1. The SMILES string of the molecule is COc1cc(-c2cc(C)c3c(n2)CN(c2cnn(CC(F)(F)F)c2)C3=O)cnc1OC. The van der Waals surface area contributed by atoms with Gasteiger partial charge in [0.05, 0.1) is 49.6 Å². The van der Waals surface area contributed by atoms with Crippen molar-refractivity contribution in [3.05, 3.63) is 47.5 Å². The lowest BCUT2D eigenvalue weighted by atomic mass is 10.1. The molecule has 0 aliphatic carbocycles. The van der Waals surface area contributed by atoms with Crippen molar-refractivity contribution in [3.8, 4) is 22.9 Å². The van der Waals surface area contributed by atoms with Crippen LogP contribution in [0.2, 0.25) is 0 Å². The Bertz CT molecular complexity index is 1160. The van der Waals surface area contributed by atoms with E-state index in [9.17, 15) is 18.0 Å². The number of ether oxygens (including phenoxy) is 2. The first kappa shape index (κ1) is 20.6. The van der Waals surface area contributed by atoms with Crippen LogP contribution in [0.15, 0.2) is 30.7 Å². The molecule has 31 heavy (non-hydrogen) atoms. The fourth-order valence-corrected chi connectivity index (χ4v) is 3.49. The average molecular weight is 433 g/mol. The van der Waals surface area contributed by atoms with Gasteiger partial charge in [-0.25, -0.2) is 4.98 Å². The third-order valence-electron chi connectivity index (χ3n) is 4.86. The molecule has 0 atom stereocenters. The molecule has 0 radical (unpaired) electrons. The van der Waals surface area contributed by atoms with Gasteiger partial charge < -0.3 is 9.47 Å². The number of nitrogens with zero attached hydrogens (tertiary/aromatic N) is 5. The molecule has 8 nitrogen and oxygen atoms in total. The quantitative estimate of drug-likeness (QED) is 0.614. The lowest BCUT2D eigenvalue weighted by Crippen LogP contribution is -2.23. The predicted octanol–water partition coefficient (Wildman–Crippen LogP) is 3.39. The Labute approximate surface area is 175 Å². The third-order valence-corrected chi connectivity index (χ3v) is 4.86. The zero-order valence-corrected chi connectivity index (χ0v) is 16.9. The van der Waals surface area contributed by atoms with Crippen LogP contribution < -0.4 is 14.4 Å². The summed E-state index contributed by atoms with van der Waals surface area (Å²) in [6.45, 7) is 0.684. The van der Waals surface area contributed by atoms with Crippen molar-refractivity contribution in [2.24, 2.45) is 0 Å². The Balaban J connectivity index is 1.66. The molecule has 0 saturated heterocycles. The maximum Gasteiger partial charge on any atom is 0.408 e. The van der Waals surface area contributed by atoms with Gasteiger partial charge in [0, 0.05) is 18.0 Å². The zero-order chi connectivity index (χ0) is 22.3. The van der Waals surface area contributed by atoms with Gasteiger partial charge in [0.25, 0.3) is 11.8 Å². The molecule has 1 aliphatic rings. The number of carbonyl (C=O) groups is 1. The minimum absolute atomic E-state index is 0.126. The molecule has 4 rings (SSSR count). The van der Waals surface area contributed by atoms with Crippen molar-refractivity contribution in [3.63, 3.8) is 0 Å². The first-order valence-electron chi connectivity index (χ1n) is 9.20. The van der Waals surface area contributed by atoms with Crippen LogP contribution in [0.5, 0.6) is 11.6 Å². The second-order valence-electron chi connectivity index (χ2n) is 6.98. The largest absolute Gasteiger partial charge is 0.491 e. The summed E-state index contributed by atoms with van der Waals surface area (Å²) >= 11 is 0. The fraction of sp³-hybridized carbons (Fsp3) is 0.300. The molecular weight excluding hydrogens is 415 g/mol. The van der Waals surface area contributed by atoms with Crippen molar-refractivity contribution >= 4 is 11.6 Å². The maximum atomic E-state index is 12.9. The molecule has 1 aliphatic heterocycles. The Morgan fingerprint density at radius 1 is 1.16 bits per heavy atom. The number of carbonyl (C=O) groups excluding carboxylic acids is 1. The van der Waals surface area contributed by atoms with Gasteiger partial charge in [-0.1, -0.05) is 0 Å². The number of alkyl halides is 3. The van der Waals surface area contributed by atoms with E-state index < -0.39 is 12.7 Å².